The van der Waals surface area contributed by atoms with E-state index in [1.54, 1.807) is 7.11 Å². The first-order chi connectivity index (χ1) is 9.76. The zero-order valence-electron chi connectivity index (χ0n) is 11.1. The topological polar surface area (TPSA) is 37.0 Å². The predicted octanol–water partition coefficient (Wildman–Crippen LogP) is 4.55. The smallest absolute Gasteiger partial charge is 0.133 e. The molecule has 3 aromatic rings. The standard InChI is InChI=1S/C16H15BrN2O/c1-20-16-5-3-13(9-14(16)17)19-10-11-2-4-15-12(8-11)6-7-18-15/h2-9,18-19H,10H2,1H3. The number of hydrogen-bond acceptors (Lipinski definition) is 2. The Labute approximate surface area is 126 Å². The van der Waals surface area contributed by atoms with Crippen LogP contribution in [-0.4, -0.2) is 12.1 Å². The lowest BCUT2D eigenvalue weighted by molar-refractivity contribution is 0.412. The Bertz CT molecular complexity index is 736. The number of aromatic nitrogens is 1. The number of fused-ring (bicyclic) bond motifs is 1. The fourth-order valence-corrected chi connectivity index (χ4v) is 2.73. The molecule has 0 atom stereocenters. The first kappa shape index (κ1) is 13.1. The molecular weight excluding hydrogens is 316 g/mol. The summed E-state index contributed by atoms with van der Waals surface area (Å²) >= 11 is 3.49. The molecule has 0 aliphatic heterocycles. The van der Waals surface area contributed by atoms with Crippen LogP contribution in [0.25, 0.3) is 10.9 Å². The molecular formula is C16H15BrN2O. The lowest BCUT2D eigenvalue weighted by Crippen LogP contribution is -1.99. The van der Waals surface area contributed by atoms with Gasteiger partial charge in [0.1, 0.15) is 5.75 Å². The first-order valence-electron chi connectivity index (χ1n) is 6.40. The van der Waals surface area contributed by atoms with E-state index < -0.39 is 0 Å². The van der Waals surface area contributed by atoms with E-state index in [9.17, 15) is 0 Å². The summed E-state index contributed by atoms with van der Waals surface area (Å²) < 4.78 is 6.17. The lowest BCUT2D eigenvalue weighted by Gasteiger charge is -2.09. The van der Waals surface area contributed by atoms with Gasteiger partial charge < -0.3 is 15.0 Å². The second-order valence-electron chi connectivity index (χ2n) is 4.60. The molecule has 0 fully saturated rings. The summed E-state index contributed by atoms with van der Waals surface area (Å²) in [6.45, 7) is 0.792. The lowest BCUT2D eigenvalue weighted by atomic mass is 10.1. The Morgan fingerprint density at radius 3 is 2.85 bits per heavy atom. The maximum atomic E-state index is 5.22. The van der Waals surface area contributed by atoms with Crippen molar-refractivity contribution >= 4 is 32.5 Å². The highest BCUT2D eigenvalue weighted by atomic mass is 79.9. The third-order valence-electron chi connectivity index (χ3n) is 3.27. The van der Waals surface area contributed by atoms with Crippen molar-refractivity contribution in [2.45, 2.75) is 6.54 Å². The molecule has 20 heavy (non-hydrogen) atoms. The first-order valence-corrected chi connectivity index (χ1v) is 7.19. The number of aromatic amines is 1. The number of H-pyrrole nitrogens is 1. The third kappa shape index (κ3) is 2.65. The van der Waals surface area contributed by atoms with Crippen LogP contribution in [0.15, 0.2) is 53.1 Å². The average molecular weight is 331 g/mol. The van der Waals surface area contributed by atoms with E-state index in [0.717, 1.165) is 22.5 Å². The molecule has 0 unspecified atom stereocenters. The predicted molar refractivity (Wildman–Crippen MR) is 86.3 cm³/mol. The van der Waals surface area contributed by atoms with E-state index >= 15 is 0 Å². The molecule has 0 saturated carbocycles. The number of anilines is 1. The number of methoxy groups -OCH3 is 1. The SMILES string of the molecule is COc1ccc(NCc2ccc3[nH]ccc3c2)cc1Br. The van der Waals surface area contributed by atoms with E-state index in [-0.39, 0.29) is 0 Å². The highest BCUT2D eigenvalue weighted by Crippen LogP contribution is 2.28. The second kappa shape index (κ2) is 5.59. The van der Waals surface area contributed by atoms with Crippen molar-refractivity contribution in [2.75, 3.05) is 12.4 Å². The van der Waals surface area contributed by atoms with E-state index in [0.29, 0.717) is 0 Å². The minimum atomic E-state index is 0.792. The van der Waals surface area contributed by atoms with Crippen molar-refractivity contribution < 1.29 is 4.74 Å². The van der Waals surface area contributed by atoms with Gasteiger partial charge in [0, 0.05) is 23.9 Å². The zero-order valence-corrected chi connectivity index (χ0v) is 12.7. The normalized spacial score (nSPS) is 10.7. The molecule has 0 bridgehead atoms. The molecule has 1 aromatic heterocycles. The van der Waals surface area contributed by atoms with E-state index in [1.165, 1.54) is 16.5 Å². The Hall–Kier alpha value is -1.94. The van der Waals surface area contributed by atoms with Crippen molar-refractivity contribution in [3.05, 3.63) is 58.7 Å². The van der Waals surface area contributed by atoms with Crippen molar-refractivity contribution in [3.8, 4) is 5.75 Å². The molecule has 0 aliphatic carbocycles. The Balaban J connectivity index is 1.73. The van der Waals surface area contributed by atoms with Crippen LogP contribution in [-0.2, 0) is 6.54 Å². The van der Waals surface area contributed by atoms with Crippen molar-refractivity contribution in [3.63, 3.8) is 0 Å². The zero-order chi connectivity index (χ0) is 13.9. The van der Waals surface area contributed by atoms with Gasteiger partial charge in [-0.05, 0) is 63.3 Å². The molecule has 1 heterocycles. The molecule has 0 radical (unpaired) electrons. The summed E-state index contributed by atoms with van der Waals surface area (Å²) in [5, 5.41) is 4.65. The number of benzene rings is 2. The van der Waals surface area contributed by atoms with Gasteiger partial charge in [0.2, 0.25) is 0 Å². The molecule has 3 nitrogen and oxygen atoms in total. The molecule has 2 N–H and O–H groups in total. The number of rotatable bonds is 4. The molecule has 0 amide bonds. The van der Waals surface area contributed by atoms with Crippen LogP contribution in [0.2, 0.25) is 0 Å². The van der Waals surface area contributed by atoms with E-state index in [4.69, 9.17) is 4.74 Å². The summed E-state index contributed by atoms with van der Waals surface area (Å²) in [7, 11) is 1.67. The van der Waals surface area contributed by atoms with Crippen LogP contribution in [0.4, 0.5) is 5.69 Å². The van der Waals surface area contributed by atoms with Crippen LogP contribution in [0.3, 0.4) is 0 Å². The average Bonchev–Trinajstić information content (AvgIpc) is 2.92. The Morgan fingerprint density at radius 2 is 2.05 bits per heavy atom. The summed E-state index contributed by atoms with van der Waals surface area (Å²) in [6, 6.07) is 14.5. The minimum Gasteiger partial charge on any atom is -0.496 e. The maximum Gasteiger partial charge on any atom is 0.133 e. The number of hydrogen-bond donors (Lipinski definition) is 2. The second-order valence-corrected chi connectivity index (χ2v) is 5.46. The summed E-state index contributed by atoms with van der Waals surface area (Å²) in [4.78, 5) is 3.20. The Kier molecular flexibility index (Phi) is 3.65. The summed E-state index contributed by atoms with van der Waals surface area (Å²) in [6.07, 6.45) is 1.96. The van der Waals surface area contributed by atoms with Gasteiger partial charge in [-0.3, -0.25) is 0 Å². The van der Waals surface area contributed by atoms with Crippen molar-refractivity contribution in [2.24, 2.45) is 0 Å². The van der Waals surface area contributed by atoms with Gasteiger partial charge in [0.25, 0.3) is 0 Å². The monoisotopic (exact) mass is 330 g/mol. The molecule has 0 spiro atoms. The number of ether oxygens (including phenoxy) is 1. The Morgan fingerprint density at radius 1 is 1.15 bits per heavy atom. The molecule has 2 aromatic carbocycles. The van der Waals surface area contributed by atoms with Gasteiger partial charge in [0.15, 0.2) is 0 Å². The third-order valence-corrected chi connectivity index (χ3v) is 3.89. The largest absolute Gasteiger partial charge is 0.496 e. The van der Waals surface area contributed by atoms with E-state index in [2.05, 4.69) is 50.5 Å². The maximum absolute atomic E-state index is 5.22. The van der Waals surface area contributed by atoms with Gasteiger partial charge in [-0.1, -0.05) is 6.07 Å². The van der Waals surface area contributed by atoms with Crippen LogP contribution in [0.5, 0.6) is 5.75 Å². The van der Waals surface area contributed by atoms with Crippen LogP contribution in [0.1, 0.15) is 5.56 Å². The highest BCUT2D eigenvalue weighted by molar-refractivity contribution is 9.10. The molecule has 102 valence electrons. The van der Waals surface area contributed by atoms with Gasteiger partial charge >= 0.3 is 0 Å². The van der Waals surface area contributed by atoms with Gasteiger partial charge in [-0.2, -0.15) is 0 Å². The molecule has 3 rings (SSSR count). The molecule has 0 saturated heterocycles. The number of nitrogens with one attached hydrogen (secondary N) is 2. The van der Waals surface area contributed by atoms with Gasteiger partial charge in [0.05, 0.1) is 11.6 Å². The van der Waals surface area contributed by atoms with Gasteiger partial charge in [-0.15, -0.1) is 0 Å². The quantitative estimate of drug-likeness (QED) is 0.736. The van der Waals surface area contributed by atoms with Crippen LogP contribution < -0.4 is 10.1 Å². The fourth-order valence-electron chi connectivity index (χ4n) is 2.19. The fraction of sp³-hybridized carbons (Fsp3) is 0.125. The van der Waals surface area contributed by atoms with Crippen molar-refractivity contribution in [1.29, 1.82) is 0 Å². The van der Waals surface area contributed by atoms with Crippen LogP contribution in [0, 0.1) is 0 Å². The van der Waals surface area contributed by atoms with E-state index in [1.807, 2.05) is 24.4 Å². The minimum absolute atomic E-state index is 0.792. The molecule has 0 aliphatic rings. The summed E-state index contributed by atoms with van der Waals surface area (Å²) in [5.41, 5.74) is 3.48. The van der Waals surface area contributed by atoms with Crippen LogP contribution >= 0.6 is 15.9 Å². The molecule has 4 heteroatoms. The van der Waals surface area contributed by atoms with Gasteiger partial charge in [-0.25, -0.2) is 0 Å². The van der Waals surface area contributed by atoms with Crippen molar-refractivity contribution in [1.82, 2.24) is 4.98 Å². The highest BCUT2D eigenvalue weighted by Gasteiger charge is 2.02. The summed E-state index contributed by atoms with van der Waals surface area (Å²) in [5.74, 6) is 0.837. The number of halogens is 1.